The van der Waals surface area contributed by atoms with Crippen molar-refractivity contribution in [1.29, 1.82) is 0 Å². The highest BCUT2D eigenvalue weighted by molar-refractivity contribution is 14.0. The Morgan fingerprint density at radius 2 is 2.24 bits per heavy atom. The largest absolute Gasteiger partial charge is 0.490 e. The Morgan fingerprint density at radius 3 is 2.97 bits per heavy atom. The third kappa shape index (κ3) is 6.75. The molecule has 8 heteroatoms. The first-order valence-electron chi connectivity index (χ1n) is 10.0. The van der Waals surface area contributed by atoms with Crippen molar-refractivity contribution in [1.82, 2.24) is 10.6 Å². The van der Waals surface area contributed by atoms with Crippen molar-refractivity contribution in [3.05, 3.63) is 30.0 Å². The molecule has 29 heavy (non-hydrogen) atoms. The highest BCUT2D eigenvalue weighted by Gasteiger charge is 2.16. The second kappa shape index (κ2) is 12.2. The van der Waals surface area contributed by atoms with E-state index in [2.05, 4.69) is 15.6 Å². The van der Waals surface area contributed by atoms with Gasteiger partial charge in [0, 0.05) is 25.6 Å². The van der Waals surface area contributed by atoms with Crippen LogP contribution in [0.25, 0.3) is 11.0 Å². The van der Waals surface area contributed by atoms with E-state index in [1.807, 2.05) is 38.1 Å². The van der Waals surface area contributed by atoms with Crippen LogP contribution in [0.15, 0.2) is 33.7 Å². The van der Waals surface area contributed by atoms with Crippen LogP contribution in [0.1, 0.15) is 38.5 Å². The minimum absolute atomic E-state index is 0. The van der Waals surface area contributed by atoms with E-state index >= 15 is 0 Å². The van der Waals surface area contributed by atoms with E-state index in [0.717, 1.165) is 41.9 Å². The number of para-hydroxylation sites is 1. The van der Waals surface area contributed by atoms with Gasteiger partial charge in [0.15, 0.2) is 17.3 Å². The highest BCUT2D eigenvalue weighted by atomic mass is 127. The lowest BCUT2D eigenvalue weighted by atomic mass is 10.2. The van der Waals surface area contributed by atoms with E-state index in [0.29, 0.717) is 32.3 Å². The standard InChI is InChI=1S/C21H31N3O4.HI/c1-4-26-18-9-5-7-16-13-19(28-20(16)18)15(2)24-21(22-3)23-10-12-25-14-17-8-6-11-27-17;/h5,7,9,13,15,17H,4,6,8,10-12,14H2,1-3H3,(H2,22,23,24);1H. The molecule has 2 unspecified atom stereocenters. The molecule has 0 aliphatic carbocycles. The number of hydrogen-bond acceptors (Lipinski definition) is 5. The van der Waals surface area contributed by atoms with E-state index in [4.69, 9.17) is 18.6 Å². The number of halogens is 1. The Bertz CT molecular complexity index is 774. The van der Waals surface area contributed by atoms with Gasteiger partial charge in [-0.15, -0.1) is 24.0 Å². The van der Waals surface area contributed by atoms with Crippen LogP contribution in [-0.2, 0) is 9.47 Å². The lowest BCUT2D eigenvalue weighted by Gasteiger charge is -2.16. The molecule has 1 fully saturated rings. The number of furan rings is 1. The predicted molar refractivity (Wildman–Crippen MR) is 126 cm³/mol. The number of nitrogens with zero attached hydrogens (tertiary/aromatic N) is 1. The molecule has 7 nitrogen and oxygen atoms in total. The van der Waals surface area contributed by atoms with Crippen molar-refractivity contribution in [3.8, 4) is 5.75 Å². The van der Waals surface area contributed by atoms with Crippen molar-refractivity contribution in [3.63, 3.8) is 0 Å². The van der Waals surface area contributed by atoms with Crippen molar-refractivity contribution < 1.29 is 18.6 Å². The Hall–Kier alpha value is -1.52. The maximum Gasteiger partial charge on any atom is 0.191 e. The third-order valence-electron chi connectivity index (χ3n) is 4.70. The van der Waals surface area contributed by atoms with Crippen LogP contribution < -0.4 is 15.4 Å². The van der Waals surface area contributed by atoms with Crippen LogP contribution in [0, 0.1) is 0 Å². The van der Waals surface area contributed by atoms with Gasteiger partial charge >= 0.3 is 0 Å². The fourth-order valence-electron chi connectivity index (χ4n) is 3.24. The number of aliphatic imine (C=N–C) groups is 1. The summed E-state index contributed by atoms with van der Waals surface area (Å²) in [6.45, 7) is 7.41. The van der Waals surface area contributed by atoms with E-state index in [-0.39, 0.29) is 36.1 Å². The molecule has 3 rings (SSSR count). The molecule has 0 amide bonds. The first-order valence-corrected chi connectivity index (χ1v) is 10.0. The lowest BCUT2D eigenvalue weighted by molar-refractivity contribution is 0.0191. The maximum atomic E-state index is 6.05. The van der Waals surface area contributed by atoms with Gasteiger partial charge in [0.25, 0.3) is 0 Å². The van der Waals surface area contributed by atoms with Gasteiger partial charge in [0.2, 0.25) is 0 Å². The smallest absolute Gasteiger partial charge is 0.191 e. The normalized spacial score (nSPS) is 17.8. The van der Waals surface area contributed by atoms with Gasteiger partial charge in [-0.25, -0.2) is 0 Å². The Labute approximate surface area is 189 Å². The highest BCUT2D eigenvalue weighted by Crippen LogP contribution is 2.31. The molecule has 1 aliphatic heterocycles. The summed E-state index contributed by atoms with van der Waals surface area (Å²) in [5.41, 5.74) is 0.776. The van der Waals surface area contributed by atoms with Gasteiger partial charge in [-0.2, -0.15) is 0 Å². The fraction of sp³-hybridized carbons (Fsp3) is 0.571. The lowest BCUT2D eigenvalue weighted by Crippen LogP contribution is -2.40. The van der Waals surface area contributed by atoms with Crippen LogP contribution in [0.4, 0.5) is 0 Å². The quantitative estimate of drug-likeness (QED) is 0.228. The summed E-state index contributed by atoms with van der Waals surface area (Å²) in [5.74, 6) is 2.31. The predicted octanol–water partition coefficient (Wildman–Crippen LogP) is 3.87. The molecular weight excluding hydrogens is 485 g/mol. The Kier molecular flexibility index (Phi) is 10.0. The molecule has 1 saturated heterocycles. The maximum absolute atomic E-state index is 6.05. The minimum Gasteiger partial charge on any atom is -0.490 e. The van der Waals surface area contributed by atoms with Gasteiger partial charge in [-0.05, 0) is 38.8 Å². The second-order valence-electron chi connectivity index (χ2n) is 6.83. The number of nitrogens with one attached hydrogen (secondary N) is 2. The van der Waals surface area contributed by atoms with E-state index in [9.17, 15) is 0 Å². The molecule has 1 aromatic heterocycles. The van der Waals surface area contributed by atoms with Crippen LogP contribution in [-0.4, -0.2) is 52.1 Å². The summed E-state index contributed by atoms with van der Waals surface area (Å²) in [5, 5.41) is 7.65. The fourth-order valence-corrected chi connectivity index (χ4v) is 3.24. The summed E-state index contributed by atoms with van der Waals surface area (Å²) in [4.78, 5) is 4.28. The molecule has 1 aromatic carbocycles. The van der Waals surface area contributed by atoms with Gasteiger partial charge in [0.05, 0.1) is 32.0 Å². The number of ether oxygens (including phenoxy) is 3. The van der Waals surface area contributed by atoms with Gasteiger partial charge in [-0.3, -0.25) is 4.99 Å². The average molecular weight is 517 g/mol. The number of rotatable bonds is 9. The van der Waals surface area contributed by atoms with E-state index in [1.165, 1.54) is 0 Å². The van der Waals surface area contributed by atoms with Gasteiger partial charge < -0.3 is 29.3 Å². The third-order valence-corrected chi connectivity index (χ3v) is 4.70. The SMILES string of the molecule is CCOc1cccc2cc(C(C)NC(=NC)NCCOCC3CCCO3)oc12.I. The van der Waals surface area contributed by atoms with E-state index < -0.39 is 0 Å². The minimum atomic E-state index is -0.0408. The molecule has 0 spiro atoms. The summed E-state index contributed by atoms with van der Waals surface area (Å²) in [6, 6.07) is 7.92. The number of guanidine groups is 1. The number of fused-ring (bicyclic) bond motifs is 1. The monoisotopic (exact) mass is 517 g/mol. The van der Waals surface area contributed by atoms with Gasteiger partial charge in [-0.1, -0.05) is 12.1 Å². The van der Waals surface area contributed by atoms with Crippen molar-refractivity contribution in [2.24, 2.45) is 4.99 Å². The van der Waals surface area contributed by atoms with Crippen LogP contribution in [0.2, 0.25) is 0 Å². The van der Waals surface area contributed by atoms with Gasteiger partial charge in [0.1, 0.15) is 5.76 Å². The molecule has 0 bridgehead atoms. The van der Waals surface area contributed by atoms with Crippen LogP contribution >= 0.6 is 24.0 Å². The first kappa shape index (κ1) is 23.8. The van der Waals surface area contributed by atoms with Crippen LogP contribution in [0.3, 0.4) is 0 Å². The summed E-state index contributed by atoms with van der Waals surface area (Å²) in [6.07, 6.45) is 2.48. The molecule has 2 atom stereocenters. The first-order chi connectivity index (χ1) is 13.7. The number of benzene rings is 1. The topological polar surface area (TPSA) is 77.2 Å². The zero-order valence-electron chi connectivity index (χ0n) is 17.4. The van der Waals surface area contributed by atoms with Crippen LogP contribution in [0.5, 0.6) is 5.75 Å². The number of hydrogen-bond donors (Lipinski definition) is 2. The molecular formula is C21H32IN3O4. The van der Waals surface area contributed by atoms with Crippen molar-refractivity contribution in [2.75, 3.05) is 40.0 Å². The molecule has 0 saturated carbocycles. The molecule has 162 valence electrons. The zero-order valence-corrected chi connectivity index (χ0v) is 19.7. The second-order valence-corrected chi connectivity index (χ2v) is 6.83. The summed E-state index contributed by atoms with van der Waals surface area (Å²) in [7, 11) is 1.75. The molecule has 2 heterocycles. The molecule has 2 aromatic rings. The molecule has 0 radical (unpaired) electrons. The average Bonchev–Trinajstić information content (AvgIpc) is 3.37. The molecule has 2 N–H and O–H groups in total. The van der Waals surface area contributed by atoms with Crippen molar-refractivity contribution >= 4 is 40.9 Å². The van der Waals surface area contributed by atoms with Crippen molar-refractivity contribution in [2.45, 2.75) is 38.8 Å². The summed E-state index contributed by atoms with van der Waals surface area (Å²) >= 11 is 0. The zero-order chi connectivity index (χ0) is 19.8. The Balaban J connectivity index is 0.00000300. The Morgan fingerprint density at radius 1 is 1.38 bits per heavy atom. The molecule has 1 aliphatic rings. The van der Waals surface area contributed by atoms with E-state index in [1.54, 1.807) is 7.05 Å². The summed E-state index contributed by atoms with van der Waals surface area (Å²) < 4.78 is 22.9.